The molecular formula is C16H20ClFN2O. The van der Waals surface area contributed by atoms with Crippen molar-refractivity contribution in [3.05, 3.63) is 52.1 Å². The molecular weight excluding hydrogens is 291 g/mol. The van der Waals surface area contributed by atoms with Crippen LogP contribution in [-0.2, 0) is 18.6 Å². The van der Waals surface area contributed by atoms with Gasteiger partial charge in [0.2, 0.25) is 0 Å². The van der Waals surface area contributed by atoms with Gasteiger partial charge in [-0.1, -0.05) is 36.7 Å². The fraction of sp³-hybridized carbons (Fsp3) is 0.438. The largest absolute Gasteiger partial charge is 0.385 e. The van der Waals surface area contributed by atoms with Crippen molar-refractivity contribution >= 4 is 11.6 Å². The van der Waals surface area contributed by atoms with Gasteiger partial charge >= 0.3 is 0 Å². The second-order valence-corrected chi connectivity index (χ2v) is 5.58. The molecule has 0 spiro atoms. The van der Waals surface area contributed by atoms with Gasteiger partial charge in [-0.05, 0) is 26.3 Å². The van der Waals surface area contributed by atoms with Crippen LogP contribution in [0.25, 0.3) is 0 Å². The van der Waals surface area contributed by atoms with E-state index in [0.717, 1.165) is 11.4 Å². The van der Waals surface area contributed by atoms with Gasteiger partial charge in [0, 0.05) is 18.5 Å². The molecule has 0 aliphatic carbocycles. The summed E-state index contributed by atoms with van der Waals surface area (Å²) < 4.78 is 15.8. The molecule has 0 aliphatic heterocycles. The molecule has 5 heteroatoms. The molecule has 0 radical (unpaired) electrons. The first-order valence-electron chi connectivity index (χ1n) is 7.12. The number of hydrogen-bond donors (Lipinski definition) is 1. The molecule has 1 unspecified atom stereocenters. The summed E-state index contributed by atoms with van der Waals surface area (Å²) in [5.74, 6) is -0.405. The molecule has 3 nitrogen and oxygen atoms in total. The molecule has 0 saturated heterocycles. The molecule has 0 bridgehead atoms. The highest BCUT2D eigenvalue weighted by Gasteiger charge is 2.33. The molecule has 0 aliphatic rings. The Hall–Kier alpha value is -1.39. The molecule has 1 aromatic heterocycles. The fourth-order valence-electron chi connectivity index (χ4n) is 2.56. The molecule has 1 atom stereocenters. The Bertz CT molecular complexity index is 641. The van der Waals surface area contributed by atoms with Crippen molar-refractivity contribution in [2.45, 2.75) is 45.8 Å². The predicted octanol–water partition coefficient (Wildman–Crippen LogP) is 3.84. The summed E-state index contributed by atoms with van der Waals surface area (Å²) in [6, 6.07) is 6.32. The van der Waals surface area contributed by atoms with Crippen LogP contribution in [0.3, 0.4) is 0 Å². The molecule has 0 amide bonds. The first-order chi connectivity index (χ1) is 9.92. The van der Waals surface area contributed by atoms with E-state index in [-0.39, 0.29) is 6.42 Å². The number of hydrogen-bond acceptors (Lipinski definition) is 2. The van der Waals surface area contributed by atoms with Crippen molar-refractivity contribution in [2.75, 3.05) is 0 Å². The smallest absolute Gasteiger partial charge is 0.129 e. The van der Waals surface area contributed by atoms with Crippen molar-refractivity contribution < 1.29 is 9.50 Å². The quantitative estimate of drug-likeness (QED) is 0.911. The van der Waals surface area contributed by atoms with Crippen molar-refractivity contribution in [3.8, 4) is 0 Å². The van der Waals surface area contributed by atoms with Crippen LogP contribution in [0.4, 0.5) is 4.39 Å². The number of benzene rings is 1. The van der Waals surface area contributed by atoms with Gasteiger partial charge in [-0.3, -0.25) is 4.68 Å². The lowest BCUT2D eigenvalue weighted by Gasteiger charge is -2.28. The number of rotatable bonds is 5. The summed E-state index contributed by atoms with van der Waals surface area (Å²) in [5.41, 5.74) is 0.462. The number of aromatic nitrogens is 2. The summed E-state index contributed by atoms with van der Waals surface area (Å²) in [5, 5.41) is 15.8. The highest BCUT2D eigenvalue weighted by molar-refractivity contribution is 6.31. The van der Waals surface area contributed by atoms with Gasteiger partial charge in [0.15, 0.2) is 0 Å². The van der Waals surface area contributed by atoms with Crippen molar-refractivity contribution in [1.29, 1.82) is 0 Å². The molecule has 2 aromatic rings. The first kappa shape index (κ1) is 16.0. The van der Waals surface area contributed by atoms with Gasteiger partial charge in [0.05, 0.1) is 22.0 Å². The lowest BCUT2D eigenvalue weighted by molar-refractivity contribution is 0.0272. The average molecular weight is 311 g/mol. The van der Waals surface area contributed by atoms with Crippen LogP contribution in [0, 0.1) is 12.7 Å². The zero-order valence-electron chi connectivity index (χ0n) is 12.5. The van der Waals surface area contributed by atoms with E-state index in [2.05, 4.69) is 5.10 Å². The molecule has 0 fully saturated rings. The lowest BCUT2D eigenvalue weighted by Crippen LogP contribution is -2.30. The number of aryl methyl sites for hydroxylation is 2. The second kappa shape index (κ2) is 6.16. The van der Waals surface area contributed by atoms with E-state index in [4.69, 9.17) is 11.6 Å². The van der Waals surface area contributed by atoms with E-state index in [9.17, 15) is 9.50 Å². The average Bonchev–Trinajstić information content (AvgIpc) is 2.75. The molecule has 2 rings (SSSR count). The number of halogens is 2. The van der Waals surface area contributed by atoms with Crippen LogP contribution in [0.2, 0.25) is 5.02 Å². The minimum atomic E-state index is -1.30. The van der Waals surface area contributed by atoms with E-state index < -0.39 is 11.4 Å². The molecule has 114 valence electrons. The topological polar surface area (TPSA) is 38.0 Å². The minimum absolute atomic E-state index is 0.234. The van der Waals surface area contributed by atoms with Gasteiger partial charge in [0.1, 0.15) is 5.82 Å². The Morgan fingerprint density at radius 2 is 2.00 bits per heavy atom. The van der Waals surface area contributed by atoms with E-state index >= 15 is 0 Å². The monoisotopic (exact) mass is 310 g/mol. The zero-order valence-corrected chi connectivity index (χ0v) is 13.3. The predicted molar refractivity (Wildman–Crippen MR) is 81.9 cm³/mol. The Balaban J connectivity index is 2.46. The maximum atomic E-state index is 14.0. The van der Waals surface area contributed by atoms with Crippen LogP contribution in [-0.4, -0.2) is 14.9 Å². The normalized spacial score (nSPS) is 14.2. The third-order valence-corrected chi connectivity index (χ3v) is 4.36. The summed E-state index contributed by atoms with van der Waals surface area (Å²) in [6.45, 7) is 6.27. The van der Waals surface area contributed by atoms with Crippen LogP contribution in [0.15, 0.2) is 24.3 Å². The molecule has 0 saturated carbocycles. The van der Waals surface area contributed by atoms with E-state index in [1.54, 1.807) is 22.9 Å². The summed E-state index contributed by atoms with van der Waals surface area (Å²) in [4.78, 5) is 0. The molecule has 1 aromatic carbocycles. The fourth-order valence-corrected chi connectivity index (χ4v) is 2.77. The molecule has 21 heavy (non-hydrogen) atoms. The highest BCUT2D eigenvalue weighted by Crippen LogP contribution is 2.34. The Labute approximate surface area is 129 Å². The standard InChI is InChI=1S/C16H20ClFN2O/c1-4-16(21,12-8-6-7-9-13(12)18)10-14-15(17)11(3)19-20(14)5-2/h6-9,21H,4-5,10H2,1-3H3. The van der Waals surface area contributed by atoms with Crippen molar-refractivity contribution in [1.82, 2.24) is 9.78 Å². The molecule has 1 N–H and O–H groups in total. The third-order valence-electron chi connectivity index (χ3n) is 3.87. The van der Waals surface area contributed by atoms with E-state index in [0.29, 0.717) is 23.6 Å². The van der Waals surface area contributed by atoms with Gasteiger partial charge in [-0.25, -0.2) is 4.39 Å². The van der Waals surface area contributed by atoms with Crippen LogP contribution in [0.1, 0.15) is 37.2 Å². The van der Waals surface area contributed by atoms with Gasteiger partial charge in [-0.2, -0.15) is 5.10 Å². The Kier molecular flexibility index (Phi) is 4.69. The summed E-state index contributed by atoms with van der Waals surface area (Å²) >= 11 is 6.29. The maximum absolute atomic E-state index is 14.0. The second-order valence-electron chi connectivity index (χ2n) is 5.20. The van der Waals surface area contributed by atoms with Gasteiger partial charge in [-0.15, -0.1) is 0 Å². The number of nitrogens with zero attached hydrogens (tertiary/aromatic N) is 2. The van der Waals surface area contributed by atoms with Crippen LogP contribution in [0.5, 0.6) is 0 Å². The minimum Gasteiger partial charge on any atom is -0.385 e. The Morgan fingerprint density at radius 1 is 1.33 bits per heavy atom. The van der Waals surface area contributed by atoms with Crippen molar-refractivity contribution in [3.63, 3.8) is 0 Å². The lowest BCUT2D eigenvalue weighted by atomic mass is 9.86. The zero-order chi connectivity index (χ0) is 15.6. The van der Waals surface area contributed by atoms with Gasteiger partial charge in [0.25, 0.3) is 0 Å². The first-order valence-corrected chi connectivity index (χ1v) is 7.50. The van der Waals surface area contributed by atoms with Crippen molar-refractivity contribution in [2.24, 2.45) is 0 Å². The third kappa shape index (κ3) is 2.97. The highest BCUT2D eigenvalue weighted by atomic mass is 35.5. The van der Waals surface area contributed by atoms with Crippen LogP contribution < -0.4 is 0 Å². The number of aliphatic hydroxyl groups is 1. The Morgan fingerprint density at radius 3 is 2.57 bits per heavy atom. The SMILES string of the molecule is CCn1nc(C)c(Cl)c1CC(O)(CC)c1ccccc1F. The molecule has 1 heterocycles. The van der Waals surface area contributed by atoms with Crippen LogP contribution >= 0.6 is 11.6 Å². The summed E-state index contributed by atoms with van der Waals surface area (Å²) in [6.07, 6.45) is 0.621. The van der Waals surface area contributed by atoms with E-state index in [1.165, 1.54) is 6.07 Å². The maximum Gasteiger partial charge on any atom is 0.129 e. The van der Waals surface area contributed by atoms with E-state index in [1.807, 2.05) is 20.8 Å². The summed E-state index contributed by atoms with van der Waals surface area (Å²) in [7, 11) is 0. The van der Waals surface area contributed by atoms with Gasteiger partial charge < -0.3 is 5.11 Å².